The van der Waals surface area contributed by atoms with Crippen LogP contribution in [0.2, 0.25) is 0 Å². The average molecular weight is 302 g/mol. The first-order chi connectivity index (χ1) is 8.85. The van der Waals surface area contributed by atoms with Gasteiger partial charge in [-0.05, 0) is 13.3 Å². The monoisotopic (exact) mass is 302 g/mol. The molecule has 8 nitrogen and oxygen atoms in total. The Morgan fingerprint density at radius 2 is 2.11 bits per heavy atom. The van der Waals surface area contributed by atoms with E-state index in [0.29, 0.717) is 12.1 Å². The minimum atomic E-state index is -3.80. The van der Waals surface area contributed by atoms with Gasteiger partial charge < -0.3 is 5.73 Å². The number of nitrogens with one attached hydrogen (secondary N) is 1. The van der Waals surface area contributed by atoms with Gasteiger partial charge in [-0.25, -0.2) is 8.42 Å². The Balaban J connectivity index is 2.37. The van der Waals surface area contributed by atoms with Gasteiger partial charge in [-0.2, -0.15) is 5.10 Å². The van der Waals surface area contributed by atoms with Crippen LogP contribution in [0.1, 0.15) is 17.6 Å². The number of nitrogens with two attached hydrogens (primary N) is 1. The van der Waals surface area contributed by atoms with Crippen LogP contribution in [0.25, 0.3) is 0 Å². The van der Waals surface area contributed by atoms with Gasteiger partial charge in [0.2, 0.25) is 5.13 Å². The summed E-state index contributed by atoms with van der Waals surface area (Å²) in [5, 5.41) is 12.5. The molecule has 0 fully saturated rings. The first-order valence-electron chi connectivity index (χ1n) is 5.49. The largest absolute Gasteiger partial charge is 0.381 e. The van der Waals surface area contributed by atoms with E-state index >= 15 is 0 Å². The van der Waals surface area contributed by atoms with E-state index in [1.54, 1.807) is 14.0 Å². The molecule has 0 radical (unpaired) electrons. The molecule has 2 aromatic heterocycles. The molecule has 0 atom stereocenters. The molecular weight excluding hydrogens is 288 g/mol. The molecule has 0 spiro atoms. The lowest BCUT2D eigenvalue weighted by Gasteiger charge is -2.04. The van der Waals surface area contributed by atoms with Crippen LogP contribution < -0.4 is 10.5 Å². The second kappa shape index (κ2) is 4.78. The Bertz CT molecular complexity index is 702. The Morgan fingerprint density at radius 3 is 2.58 bits per heavy atom. The normalized spacial score (nSPS) is 11.7. The third-order valence-electron chi connectivity index (χ3n) is 2.56. The highest BCUT2D eigenvalue weighted by Crippen LogP contribution is 2.25. The van der Waals surface area contributed by atoms with Crippen molar-refractivity contribution in [1.29, 1.82) is 0 Å². The highest BCUT2D eigenvalue weighted by atomic mass is 32.2. The van der Waals surface area contributed by atoms with E-state index in [0.717, 1.165) is 5.01 Å². The zero-order valence-electron chi connectivity index (χ0n) is 10.7. The number of hydrogen-bond acceptors (Lipinski definition) is 7. The smallest absolute Gasteiger partial charge is 0.269 e. The molecule has 0 aliphatic rings. The summed E-state index contributed by atoms with van der Waals surface area (Å²) in [4.78, 5) is -0.0248. The van der Waals surface area contributed by atoms with E-state index in [9.17, 15) is 8.42 Å². The summed E-state index contributed by atoms with van der Waals surface area (Å²) in [5.74, 6) is -0.0345. The minimum Gasteiger partial charge on any atom is -0.381 e. The maximum atomic E-state index is 12.2. The average Bonchev–Trinajstić information content (AvgIpc) is 2.84. The van der Waals surface area contributed by atoms with Crippen molar-refractivity contribution >= 4 is 32.3 Å². The summed E-state index contributed by atoms with van der Waals surface area (Å²) in [6, 6.07) is 0. The molecule has 104 valence electrons. The van der Waals surface area contributed by atoms with Crippen molar-refractivity contribution in [1.82, 2.24) is 20.0 Å². The van der Waals surface area contributed by atoms with Gasteiger partial charge in [-0.15, -0.1) is 10.2 Å². The number of aromatic nitrogens is 4. The lowest BCUT2D eigenvalue weighted by molar-refractivity contribution is 0.600. The molecule has 0 unspecified atom stereocenters. The fourth-order valence-corrected chi connectivity index (χ4v) is 3.79. The van der Waals surface area contributed by atoms with E-state index in [1.165, 1.54) is 16.0 Å². The topological polar surface area (TPSA) is 116 Å². The molecule has 0 saturated carbocycles. The van der Waals surface area contributed by atoms with Gasteiger partial charge in [-0.3, -0.25) is 9.40 Å². The molecule has 0 amide bonds. The van der Waals surface area contributed by atoms with Gasteiger partial charge in [0.05, 0.1) is 5.69 Å². The molecule has 0 bridgehead atoms. The number of aryl methyl sites for hydroxylation is 2. The summed E-state index contributed by atoms with van der Waals surface area (Å²) in [5.41, 5.74) is 6.09. The van der Waals surface area contributed by atoms with Crippen molar-refractivity contribution in [2.45, 2.75) is 25.2 Å². The maximum absolute atomic E-state index is 12.2. The van der Waals surface area contributed by atoms with Crippen LogP contribution in [0, 0.1) is 6.92 Å². The van der Waals surface area contributed by atoms with Crippen molar-refractivity contribution in [3.05, 3.63) is 10.7 Å². The second-order valence-electron chi connectivity index (χ2n) is 3.88. The predicted molar refractivity (Wildman–Crippen MR) is 72.5 cm³/mol. The Hall–Kier alpha value is -1.68. The zero-order chi connectivity index (χ0) is 14.2. The fraction of sp³-hybridized carbons (Fsp3) is 0.444. The maximum Gasteiger partial charge on any atom is 0.269 e. The van der Waals surface area contributed by atoms with Crippen molar-refractivity contribution in [3.8, 4) is 0 Å². The number of rotatable bonds is 4. The molecule has 0 aliphatic carbocycles. The van der Waals surface area contributed by atoms with Crippen molar-refractivity contribution in [2.75, 3.05) is 10.5 Å². The standard InChI is InChI=1S/C9H14N6O2S2/c1-4-6-11-12-9(18-6)14-19(16,17)7-5(2)15(3)13-8(7)10/h4H2,1-3H3,(H2,10,13)(H,12,14). The Kier molecular flexibility index (Phi) is 3.45. The molecule has 0 aliphatic heterocycles. The second-order valence-corrected chi connectivity index (χ2v) is 6.56. The van der Waals surface area contributed by atoms with Crippen LogP contribution in [0.5, 0.6) is 0 Å². The highest BCUT2D eigenvalue weighted by molar-refractivity contribution is 7.93. The fourth-order valence-electron chi connectivity index (χ4n) is 1.55. The van der Waals surface area contributed by atoms with Gasteiger partial charge in [-0.1, -0.05) is 18.3 Å². The summed E-state index contributed by atoms with van der Waals surface area (Å²) in [6.45, 7) is 3.55. The zero-order valence-corrected chi connectivity index (χ0v) is 12.3. The first-order valence-corrected chi connectivity index (χ1v) is 7.79. The number of sulfonamides is 1. The summed E-state index contributed by atoms with van der Waals surface area (Å²) in [7, 11) is -2.17. The summed E-state index contributed by atoms with van der Waals surface area (Å²) >= 11 is 1.19. The molecule has 10 heteroatoms. The first kappa shape index (κ1) is 13.7. The van der Waals surface area contributed by atoms with Crippen LogP contribution in [0.15, 0.2) is 4.90 Å². The molecule has 3 N–H and O–H groups in total. The number of nitrogen functional groups attached to an aromatic ring is 1. The van der Waals surface area contributed by atoms with E-state index in [1.807, 2.05) is 6.92 Å². The summed E-state index contributed by atoms with van der Waals surface area (Å²) < 4.78 is 28.3. The molecule has 2 heterocycles. The third-order valence-corrected chi connectivity index (χ3v) is 5.18. The SMILES string of the molecule is CCc1nnc(NS(=O)(=O)c2c(N)nn(C)c2C)s1. The molecule has 2 aromatic rings. The van der Waals surface area contributed by atoms with Gasteiger partial charge in [0.15, 0.2) is 10.7 Å². The van der Waals surface area contributed by atoms with Gasteiger partial charge in [0.1, 0.15) is 5.01 Å². The Labute approximate surface area is 114 Å². The van der Waals surface area contributed by atoms with Gasteiger partial charge in [0.25, 0.3) is 10.0 Å². The molecule has 19 heavy (non-hydrogen) atoms. The molecule has 0 saturated heterocycles. The van der Waals surface area contributed by atoms with E-state index in [2.05, 4.69) is 20.0 Å². The van der Waals surface area contributed by atoms with Crippen LogP contribution in [0.3, 0.4) is 0 Å². The van der Waals surface area contributed by atoms with Gasteiger partial charge in [0, 0.05) is 7.05 Å². The minimum absolute atomic E-state index is 0.0248. The lowest BCUT2D eigenvalue weighted by atomic mass is 10.5. The van der Waals surface area contributed by atoms with Crippen LogP contribution in [0.4, 0.5) is 10.9 Å². The summed E-state index contributed by atoms with van der Waals surface area (Å²) in [6.07, 6.45) is 0.702. The van der Waals surface area contributed by atoms with Crippen molar-refractivity contribution in [2.24, 2.45) is 7.05 Å². The third kappa shape index (κ3) is 2.54. The Morgan fingerprint density at radius 1 is 1.42 bits per heavy atom. The number of hydrogen-bond donors (Lipinski definition) is 2. The molecule has 0 aromatic carbocycles. The van der Waals surface area contributed by atoms with Crippen LogP contribution >= 0.6 is 11.3 Å². The predicted octanol–water partition coefficient (Wildman–Crippen LogP) is 0.525. The lowest BCUT2D eigenvalue weighted by Crippen LogP contribution is -2.15. The number of nitrogens with zero attached hydrogens (tertiary/aromatic N) is 4. The van der Waals surface area contributed by atoms with E-state index in [4.69, 9.17) is 5.73 Å². The number of anilines is 2. The quantitative estimate of drug-likeness (QED) is 0.851. The van der Waals surface area contributed by atoms with E-state index in [-0.39, 0.29) is 15.8 Å². The van der Waals surface area contributed by atoms with Crippen LogP contribution in [-0.2, 0) is 23.5 Å². The van der Waals surface area contributed by atoms with Gasteiger partial charge >= 0.3 is 0 Å². The highest BCUT2D eigenvalue weighted by Gasteiger charge is 2.25. The van der Waals surface area contributed by atoms with Crippen LogP contribution in [-0.4, -0.2) is 28.4 Å². The van der Waals surface area contributed by atoms with E-state index < -0.39 is 10.0 Å². The van der Waals surface area contributed by atoms with Crippen molar-refractivity contribution < 1.29 is 8.42 Å². The molecular formula is C9H14N6O2S2. The van der Waals surface area contributed by atoms with Crippen molar-refractivity contribution in [3.63, 3.8) is 0 Å². The molecule has 2 rings (SSSR count).